The highest BCUT2D eigenvalue weighted by atomic mass is 35.5. The van der Waals surface area contributed by atoms with Crippen LogP contribution in [0.3, 0.4) is 0 Å². The van der Waals surface area contributed by atoms with Crippen molar-refractivity contribution < 1.29 is 47.1 Å². The Bertz CT molecular complexity index is 2000. The van der Waals surface area contributed by atoms with E-state index in [1.54, 1.807) is 7.11 Å². The number of carboxylic acids is 1. The van der Waals surface area contributed by atoms with E-state index in [1.165, 1.54) is 14.2 Å². The SMILES string of the molecule is COC[C@H](NCc1cc(C(F)(F)F)c(O[C@H]2CCc3c(-c4cccc(-c5ccc(CN[C@H]6C[C@](C)(O)C6)c(OC)n5)c4Cl)cccc32)nc1OC)C(=O)O. The minimum absolute atomic E-state index is 0.00504. The molecule has 6 rings (SSSR count). The van der Waals surface area contributed by atoms with Gasteiger partial charge in [0.2, 0.25) is 17.6 Å². The Morgan fingerprint density at radius 1 is 0.963 bits per heavy atom. The van der Waals surface area contributed by atoms with Gasteiger partial charge in [0.05, 0.1) is 37.1 Å². The number of carboxylic acid groups (broad SMARTS) is 1. The van der Waals surface area contributed by atoms with E-state index in [0.717, 1.165) is 28.3 Å². The summed E-state index contributed by atoms with van der Waals surface area (Å²) in [5.74, 6) is -1.54. The minimum Gasteiger partial charge on any atom is -0.481 e. The molecular formula is C39H42ClF3N4O7. The molecular weight excluding hydrogens is 729 g/mol. The lowest BCUT2D eigenvalue weighted by molar-refractivity contribution is -0.141. The number of pyridine rings is 2. The second-order valence-corrected chi connectivity index (χ2v) is 14.1. The average molecular weight is 771 g/mol. The molecule has 0 bridgehead atoms. The van der Waals surface area contributed by atoms with Gasteiger partial charge >= 0.3 is 12.1 Å². The molecule has 0 radical (unpaired) electrons. The molecule has 2 aromatic carbocycles. The van der Waals surface area contributed by atoms with Crippen molar-refractivity contribution in [1.82, 2.24) is 20.6 Å². The summed E-state index contributed by atoms with van der Waals surface area (Å²) in [6, 6.07) is 14.9. The number of halogens is 4. The topological polar surface area (TPSA) is 144 Å². The number of nitrogens with one attached hydrogen (secondary N) is 2. The van der Waals surface area contributed by atoms with Crippen LogP contribution >= 0.6 is 11.6 Å². The molecule has 0 aliphatic heterocycles. The molecule has 2 aliphatic carbocycles. The van der Waals surface area contributed by atoms with Crippen molar-refractivity contribution in [2.24, 2.45) is 0 Å². The first-order valence-corrected chi connectivity index (χ1v) is 17.8. The van der Waals surface area contributed by atoms with E-state index in [-0.39, 0.29) is 30.6 Å². The summed E-state index contributed by atoms with van der Waals surface area (Å²) < 4.78 is 65.2. The first-order chi connectivity index (χ1) is 25.7. The van der Waals surface area contributed by atoms with Crippen molar-refractivity contribution in [3.05, 3.63) is 87.4 Å². The predicted octanol–water partition coefficient (Wildman–Crippen LogP) is 6.76. The number of aromatic nitrogens is 2. The standard InChI is InChI=1S/C39H42ClF3N4O7/c1-38(50)16-23(17-38)44-18-21-11-13-30(46-34(21)52-3)28-10-6-9-27(33(28)40)24-7-5-8-26-25(24)12-14-32(26)54-36-29(39(41,42)43)15-22(35(47-36)53-4)19-45-31(20-51-2)37(48)49/h5-11,13,15,23,31-32,44-45,50H,12,14,16-20H2,1-4H3,(H,48,49)/t23-,31-,32-,38-/m0/s1. The number of methoxy groups -OCH3 is 3. The van der Waals surface area contributed by atoms with Gasteiger partial charge in [-0.25, -0.2) is 4.98 Å². The van der Waals surface area contributed by atoms with Crippen molar-refractivity contribution >= 4 is 17.6 Å². The molecule has 2 aromatic heterocycles. The zero-order chi connectivity index (χ0) is 38.8. The minimum atomic E-state index is -4.83. The lowest BCUT2D eigenvalue weighted by Gasteiger charge is -2.41. The number of fused-ring (bicyclic) bond motifs is 1. The van der Waals surface area contributed by atoms with Gasteiger partial charge in [0.15, 0.2) is 0 Å². The second-order valence-electron chi connectivity index (χ2n) is 13.8. The number of hydrogen-bond donors (Lipinski definition) is 4. The van der Waals surface area contributed by atoms with E-state index >= 15 is 0 Å². The lowest BCUT2D eigenvalue weighted by Crippen LogP contribution is -2.51. The Morgan fingerprint density at radius 2 is 1.65 bits per heavy atom. The van der Waals surface area contributed by atoms with E-state index in [4.69, 9.17) is 35.5 Å². The van der Waals surface area contributed by atoms with Crippen LogP contribution < -0.4 is 24.8 Å². The Labute approximate surface area is 315 Å². The molecule has 15 heteroatoms. The van der Waals surface area contributed by atoms with Gasteiger partial charge in [-0.3, -0.25) is 10.1 Å². The summed E-state index contributed by atoms with van der Waals surface area (Å²) in [4.78, 5) is 20.4. The number of hydrogen-bond acceptors (Lipinski definition) is 10. The van der Waals surface area contributed by atoms with Gasteiger partial charge in [-0.2, -0.15) is 18.2 Å². The third-order valence-corrected chi connectivity index (χ3v) is 10.2. The summed E-state index contributed by atoms with van der Waals surface area (Å²) in [6.07, 6.45) is -3.32. The Hall–Kier alpha value is -4.47. The summed E-state index contributed by atoms with van der Waals surface area (Å²) in [7, 11) is 4.15. The number of carbonyl (C=O) groups is 1. The van der Waals surface area contributed by atoms with Crippen molar-refractivity contribution in [3.8, 4) is 40.0 Å². The first kappa shape index (κ1) is 39.2. The molecule has 0 saturated heterocycles. The number of ether oxygens (including phenoxy) is 4. The molecule has 2 heterocycles. The van der Waals surface area contributed by atoms with Gasteiger partial charge in [0, 0.05) is 48.5 Å². The van der Waals surface area contributed by atoms with Crippen molar-refractivity contribution in [3.63, 3.8) is 0 Å². The largest absolute Gasteiger partial charge is 0.481 e. The van der Waals surface area contributed by atoms with Crippen LogP contribution in [0.4, 0.5) is 13.2 Å². The molecule has 54 heavy (non-hydrogen) atoms. The molecule has 288 valence electrons. The van der Waals surface area contributed by atoms with Crippen molar-refractivity contribution in [2.75, 3.05) is 27.9 Å². The molecule has 0 spiro atoms. The maximum Gasteiger partial charge on any atom is 0.421 e. The maximum absolute atomic E-state index is 14.4. The Kier molecular flexibility index (Phi) is 11.7. The van der Waals surface area contributed by atoms with E-state index in [2.05, 4.69) is 15.6 Å². The number of aliphatic hydroxyl groups is 1. The maximum atomic E-state index is 14.4. The average Bonchev–Trinajstić information content (AvgIpc) is 3.54. The lowest BCUT2D eigenvalue weighted by atomic mass is 9.77. The van der Waals surface area contributed by atoms with E-state index < -0.39 is 41.3 Å². The fourth-order valence-electron chi connectivity index (χ4n) is 7.13. The van der Waals surface area contributed by atoms with Crippen LogP contribution in [0.25, 0.3) is 22.4 Å². The molecule has 2 atom stereocenters. The van der Waals surface area contributed by atoms with Crippen LogP contribution in [0.2, 0.25) is 5.02 Å². The third kappa shape index (κ3) is 8.42. The molecule has 1 saturated carbocycles. The zero-order valence-electron chi connectivity index (χ0n) is 30.2. The fraction of sp³-hybridized carbons (Fsp3) is 0.410. The summed E-state index contributed by atoms with van der Waals surface area (Å²) in [6.45, 7) is 1.89. The third-order valence-electron chi connectivity index (χ3n) is 9.82. The van der Waals surface area contributed by atoms with Gasteiger partial charge < -0.3 is 34.5 Å². The monoisotopic (exact) mass is 770 g/mol. The highest BCUT2D eigenvalue weighted by molar-refractivity contribution is 6.36. The smallest absolute Gasteiger partial charge is 0.421 e. The molecule has 0 unspecified atom stereocenters. The molecule has 0 amide bonds. The molecule has 4 N–H and O–H groups in total. The normalized spacial score (nSPS) is 19.9. The Balaban J connectivity index is 1.26. The highest BCUT2D eigenvalue weighted by Gasteiger charge is 2.39. The van der Waals surface area contributed by atoms with E-state index in [9.17, 15) is 28.2 Å². The number of nitrogens with zero attached hydrogens (tertiary/aromatic N) is 2. The van der Waals surface area contributed by atoms with Gasteiger partial charge in [-0.15, -0.1) is 0 Å². The Morgan fingerprint density at radius 3 is 2.31 bits per heavy atom. The zero-order valence-corrected chi connectivity index (χ0v) is 31.0. The van der Waals surface area contributed by atoms with E-state index in [0.29, 0.717) is 60.0 Å². The molecule has 4 aromatic rings. The van der Waals surface area contributed by atoms with Crippen LogP contribution in [-0.2, 0) is 35.2 Å². The summed E-state index contributed by atoms with van der Waals surface area (Å²) in [5, 5.41) is 26.0. The van der Waals surface area contributed by atoms with Crippen LogP contribution in [0, 0.1) is 0 Å². The number of benzene rings is 2. The van der Waals surface area contributed by atoms with Gasteiger partial charge in [0.25, 0.3) is 0 Å². The van der Waals surface area contributed by atoms with Gasteiger partial charge in [0.1, 0.15) is 17.7 Å². The van der Waals surface area contributed by atoms with Crippen LogP contribution in [0.5, 0.6) is 17.6 Å². The number of aliphatic carboxylic acids is 1. The van der Waals surface area contributed by atoms with Crippen LogP contribution in [0.1, 0.15) is 60.1 Å². The summed E-state index contributed by atoms with van der Waals surface area (Å²) in [5.41, 5.74) is 3.58. The van der Waals surface area contributed by atoms with Gasteiger partial charge in [-0.05, 0) is 61.4 Å². The molecule has 11 nitrogen and oxygen atoms in total. The quantitative estimate of drug-likeness (QED) is 0.102. The van der Waals surface area contributed by atoms with E-state index in [1.807, 2.05) is 55.5 Å². The van der Waals surface area contributed by atoms with Gasteiger partial charge in [-0.1, -0.05) is 54.1 Å². The highest BCUT2D eigenvalue weighted by Crippen LogP contribution is 2.46. The predicted molar refractivity (Wildman–Crippen MR) is 195 cm³/mol. The second kappa shape index (κ2) is 16.1. The van der Waals surface area contributed by atoms with Crippen LogP contribution in [-0.4, -0.2) is 71.8 Å². The molecule has 1 fully saturated rings. The van der Waals surface area contributed by atoms with Crippen molar-refractivity contribution in [2.45, 2.75) is 75.7 Å². The number of alkyl halides is 3. The summed E-state index contributed by atoms with van der Waals surface area (Å²) >= 11 is 7.09. The fourth-order valence-corrected chi connectivity index (χ4v) is 7.45. The first-order valence-electron chi connectivity index (χ1n) is 17.4. The number of rotatable bonds is 15. The molecule has 2 aliphatic rings. The van der Waals surface area contributed by atoms with Crippen LogP contribution in [0.15, 0.2) is 54.6 Å². The van der Waals surface area contributed by atoms with Crippen molar-refractivity contribution in [1.29, 1.82) is 0 Å².